The molecule has 0 radical (unpaired) electrons. The number of rotatable bonds is 5. The van der Waals surface area contributed by atoms with E-state index in [1.165, 1.54) is 0 Å². The summed E-state index contributed by atoms with van der Waals surface area (Å²) in [6, 6.07) is 12.4. The lowest BCUT2D eigenvalue weighted by Crippen LogP contribution is -2.43. The molecular formula is C15H20N2OS. The molecule has 0 N–H and O–H groups in total. The van der Waals surface area contributed by atoms with Crippen molar-refractivity contribution in [1.82, 2.24) is 4.90 Å². The maximum Gasteiger partial charge on any atom is 0.119 e. The van der Waals surface area contributed by atoms with Gasteiger partial charge in [0, 0.05) is 19.6 Å². The van der Waals surface area contributed by atoms with Gasteiger partial charge in [0.1, 0.15) is 17.1 Å². The normalized spacial score (nSPS) is 18.7. The second-order valence-electron chi connectivity index (χ2n) is 4.81. The van der Waals surface area contributed by atoms with Crippen molar-refractivity contribution in [3.05, 3.63) is 30.3 Å². The summed E-state index contributed by atoms with van der Waals surface area (Å²) in [7, 11) is 0. The van der Waals surface area contributed by atoms with E-state index in [4.69, 9.17) is 4.74 Å². The average Bonchev–Trinajstić information content (AvgIpc) is 2.49. The fraction of sp³-hybridized carbons (Fsp3) is 0.533. The topological polar surface area (TPSA) is 36.3 Å². The molecule has 0 aromatic heterocycles. The van der Waals surface area contributed by atoms with Crippen molar-refractivity contribution in [1.29, 1.82) is 5.26 Å². The summed E-state index contributed by atoms with van der Waals surface area (Å²) < 4.78 is 5.55. The highest BCUT2D eigenvalue weighted by atomic mass is 32.2. The van der Waals surface area contributed by atoms with Gasteiger partial charge in [0.15, 0.2) is 0 Å². The third-order valence-corrected chi connectivity index (χ3v) is 4.96. The summed E-state index contributed by atoms with van der Waals surface area (Å²) in [5, 5.41) is 9.24. The molecular weight excluding hydrogens is 256 g/mol. The fourth-order valence-electron chi connectivity index (χ4n) is 2.31. The average molecular weight is 276 g/mol. The monoisotopic (exact) mass is 276 g/mol. The SMILES string of the molecule is CSC1(C#N)CCN(CCOc2ccccc2)CC1. The van der Waals surface area contributed by atoms with Gasteiger partial charge in [-0.05, 0) is 31.2 Å². The highest BCUT2D eigenvalue weighted by Gasteiger charge is 2.33. The molecule has 0 atom stereocenters. The Labute approximate surface area is 119 Å². The molecule has 0 unspecified atom stereocenters. The van der Waals surface area contributed by atoms with Crippen LogP contribution in [0.4, 0.5) is 0 Å². The molecule has 102 valence electrons. The van der Waals surface area contributed by atoms with Crippen molar-refractivity contribution >= 4 is 11.8 Å². The van der Waals surface area contributed by atoms with Crippen LogP contribution in [0.5, 0.6) is 5.75 Å². The molecule has 19 heavy (non-hydrogen) atoms. The van der Waals surface area contributed by atoms with E-state index in [2.05, 4.69) is 11.0 Å². The van der Waals surface area contributed by atoms with Gasteiger partial charge in [-0.3, -0.25) is 4.90 Å². The Hall–Kier alpha value is -1.18. The summed E-state index contributed by atoms with van der Waals surface area (Å²) in [4.78, 5) is 2.38. The number of ether oxygens (including phenoxy) is 1. The van der Waals surface area contributed by atoms with E-state index in [1.807, 2.05) is 36.6 Å². The first-order valence-corrected chi connectivity index (χ1v) is 7.87. The van der Waals surface area contributed by atoms with Crippen LogP contribution in [-0.4, -0.2) is 42.1 Å². The van der Waals surface area contributed by atoms with Gasteiger partial charge in [-0.2, -0.15) is 5.26 Å². The smallest absolute Gasteiger partial charge is 0.119 e. The van der Waals surface area contributed by atoms with Crippen LogP contribution in [0.2, 0.25) is 0 Å². The molecule has 3 nitrogen and oxygen atoms in total. The maximum absolute atomic E-state index is 9.24. The van der Waals surface area contributed by atoms with E-state index in [0.717, 1.165) is 38.2 Å². The van der Waals surface area contributed by atoms with E-state index in [0.29, 0.717) is 6.61 Å². The number of nitrogens with zero attached hydrogens (tertiary/aromatic N) is 2. The van der Waals surface area contributed by atoms with Crippen LogP contribution in [0.15, 0.2) is 30.3 Å². The summed E-state index contributed by atoms with van der Waals surface area (Å²) >= 11 is 1.70. The molecule has 0 aliphatic carbocycles. The lowest BCUT2D eigenvalue weighted by molar-refractivity contribution is 0.176. The van der Waals surface area contributed by atoms with E-state index in [-0.39, 0.29) is 4.75 Å². The number of benzene rings is 1. The minimum Gasteiger partial charge on any atom is -0.492 e. The van der Waals surface area contributed by atoms with Gasteiger partial charge in [0.05, 0.1) is 6.07 Å². The van der Waals surface area contributed by atoms with Crippen molar-refractivity contribution in [2.24, 2.45) is 0 Å². The molecule has 1 aromatic carbocycles. The van der Waals surface area contributed by atoms with Crippen LogP contribution in [0, 0.1) is 11.3 Å². The maximum atomic E-state index is 9.24. The standard InChI is InChI=1S/C15H20N2OS/c1-19-15(13-16)7-9-17(10-8-15)11-12-18-14-5-3-2-4-6-14/h2-6H,7-12H2,1H3. The van der Waals surface area contributed by atoms with Gasteiger partial charge in [0.25, 0.3) is 0 Å². The highest BCUT2D eigenvalue weighted by molar-refractivity contribution is 8.00. The molecule has 1 fully saturated rings. The van der Waals surface area contributed by atoms with Crippen LogP contribution >= 0.6 is 11.8 Å². The molecule has 4 heteroatoms. The predicted molar refractivity (Wildman–Crippen MR) is 79.5 cm³/mol. The van der Waals surface area contributed by atoms with Crippen LogP contribution in [0.3, 0.4) is 0 Å². The Morgan fingerprint density at radius 2 is 2.00 bits per heavy atom. The molecule has 1 heterocycles. The zero-order valence-electron chi connectivity index (χ0n) is 11.3. The second-order valence-corrected chi connectivity index (χ2v) is 6.00. The molecule has 2 rings (SSSR count). The second kappa shape index (κ2) is 6.83. The molecule has 0 amide bonds. The number of hydrogen-bond acceptors (Lipinski definition) is 4. The lowest BCUT2D eigenvalue weighted by atomic mass is 9.97. The summed E-state index contributed by atoms with van der Waals surface area (Å²) in [6.07, 6.45) is 3.95. The Balaban J connectivity index is 1.71. The molecule has 0 saturated carbocycles. The van der Waals surface area contributed by atoms with Crippen LogP contribution < -0.4 is 4.74 Å². The fourth-order valence-corrected chi connectivity index (χ4v) is 2.99. The van der Waals surface area contributed by atoms with Gasteiger partial charge in [-0.1, -0.05) is 18.2 Å². The third-order valence-electron chi connectivity index (χ3n) is 3.68. The van der Waals surface area contributed by atoms with E-state index in [9.17, 15) is 5.26 Å². The Kier molecular flexibility index (Phi) is 5.12. The van der Waals surface area contributed by atoms with Crippen molar-refractivity contribution in [2.75, 3.05) is 32.5 Å². The lowest BCUT2D eigenvalue weighted by Gasteiger charge is -2.36. The first kappa shape index (κ1) is 14.2. The van der Waals surface area contributed by atoms with Gasteiger partial charge in [-0.25, -0.2) is 0 Å². The van der Waals surface area contributed by atoms with Gasteiger partial charge in [0.2, 0.25) is 0 Å². The zero-order chi connectivity index (χ0) is 13.6. The Morgan fingerprint density at radius 3 is 2.58 bits per heavy atom. The van der Waals surface area contributed by atoms with Crippen molar-refractivity contribution in [3.63, 3.8) is 0 Å². The minimum absolute atomic E-state index is 0.156. The summed E-state index contributed by atoms with van der Waals surface area (Å²) in [6.45, 7) is 3.63. The number of thioether (sulfide) groups is 1. The van der Waals surface area contributed by atoms with Crippen LogP contribution in [0.1, 0.15) is 12.8 Å². The largest absolute Gasteiger partial charge is 0.492 e. The van der Waals surface area contributed by atoms with Gasteiger partial charge < -0.3 is 4.74 Å². The highest BCUT2D eigenvalue weighted by Crippen LogP contribution is 2.33. The molecule has 1 aliphatic rings. The summed E-state index contributed by atoms with van der Waals surface area (Å²) in [5.41, 5.74) is 0. The van der Waals surface area contributed by atoms with Crippen molar-refractivity contribution in [2.45, 2.75) is 17.6 Å². The molecule has 0 spiro atoms. The molecule has 1 aliphatic heterocycles. The first-order valence-electron chi connectivity index (χ1n) is 6.65. The van der Waals surface area contributed by atoms with Crippen LogP contribution in [-0.2, 0) is 0 Å². The quantitative estimate of drug-likeness (QED) is 0.828. The predicted octanol–water partition coefficient (Wildman–Crippen LogP) is 2.79. The Bertz CT molecular complexity index is 422. The number of likely N-dealkylation sites (tertiary alicyclic amines) is 1. The van der Waals surface area contributed by atoms with Crippen molar-refractivity contribution in [3.8, 4) is 11.8 Å². The van der Waals surface area contributed by atoms with E-state index < -0.39 is 0 Å². The third kappa shape index (κ3) is 3.89. The molecule has 1 saturated heterocycles. The van der Waals surface area contributed by atoms with Gasteiger partial charge >= 0.3 is 0 Å². The van der Waals surface area contributed by atoms with E-state index >= 15 is 0 Å². The zero-order valence-corrected chi connectivity index (χ0v) is 12.2. The van der Waals surface area contributed by atoms with Crippen molar-refractivity contribution < 1.29 is 4.74 Å². The first-order chi connectivity index (χ1) is 9.28. The minimum atomic E-state index is -0.156. The van der Waals surface area contributed by atoms with E-state index in [1.54, 1.807) is 11.8 Å². The molecule has 1 aromatic rings. The number of hydrogen-bond donors (Lipinski definition) is 0. The molecule has 0 bridgehead atoms. The number of para-hydroxylation sites is 1. The summed E-state index contributed by atoms with van der Waals surface area (Å²) in [5.74, 6) is 0.926. The Morgan fingerprint density at radius 1 is 1.32 bits per heavy atom. The number of piperidine rings is 1. The number of nitriles is 1. The van der Waals surface area contributed by atoms with Gasteiger partial charge in [-0.15, -0.1) is 11.8 Å². The van der Waals surface area contributed by atoms with Crippen LogP contribution in [0.25, 0.3) is 0 Å².